The van der Waals surface area contributed by atoms with Crippen LogP contribution >= 0.6 is 11.8 Å². The van der Waals surface area contributed by atoms with E-state index in [0.717, 1.165) is 43.2 Å². The summed E-state index contributed by atoms with van der Waals surface area (Å²) in [5, 5.41) is 0.507. The first-order chi connectivity index (χ1) is 19.0. The van der Waals surface area contributed by atoms with Gasteiger partial charge in [-0.25, -0.2) is 13.8 Å². The average molecular weight is 549 g/mol. The van der Waals surface area contributed by atoms with Crippen molar-refractivity contribution in [3.63, 3.8) is 0 Å². The van der Waals surface area contributed by atoms with Crippen molar-refractivity contribution in [2.24, 2.45) is 4.99 Å². The smallest absolute Gasteiger partial charge is 0.267 e. The second-order valence-corrected chi connectivity index (χ2v) is 10.5. The molecule has 3 aromatic rings. The third-order valence-electron chi connectivity index (χ3n) is 6.72. The van der Waals surface area contributed by atoms with Gasteiger partial charge in [-0.15, -0.1) is 0 Å². The van der Waals surface area contributed by atoms with Crippen molar-refractivity contribution >= 4 is 34.6 Å². The number of ether oxygens (including phenoxy) is 2. The molecule has 2 aliphatic rings. The minimum atomic E-state index is -0.420. The van der Waals surface area contributed by atoms with Crippen molar-refractivity contribution in [2.75, 3.05) is 6.61 Å². The van der Waals surface area contributed by atoms with Crippen molar-refractivity contribution in [3.05, 3.63) is 94.4 Å². The van der Waals surface area contributed by atoms with Crippen LogP contribution in [0.25, 0.3) is 6.08 Å². The predicted molar refractivity (Wildman–Crippen MR) is 151 cm³/mol. The zero-order valence-electron chi connectivity index (χ0n) is 21.7. The van der Waals surface area contributed by atoms with E-state index >= 15 is 0 Å². The Morgan fingerprint density at radius 1 is 0.974 bits per heavy atom. The van der Waals surface area contributed by atoms with Crippen molar-refractivity contribution in [2.45, 2.75) is 51.7 Å². The van der Waals surface area contributed by atoms with Gasteiger partial charge < -0.3 is 9.47 Å². The number of benzene rings is 3. The molecule has 1 aliphatic carbocycles. The lowest BCUT2D eigenvalue weighted by atomic mass is 9.94. The third-order valence-corrected chi connectivity index (χ3v) is 7.70. The molecule has 0 aromatic heterocycles. The highest BCUT2D eigenvalue weighted by molar-refractivity contribution is 8.18. The highest BCUT2D eigenvalue weighted by atomic mass is 32.2. The zero-order valence-corrected chi connectivity index (χ0v) is 22.6. The largest absolute Gasteiger partial charge is 0.490 e. The van der Waals surface area contributed by atoms with E-state index in [-0.39, 0.29) is 30.1 Å². The number of nitrogens with zero attached hydrogens (tertiary/aromatic N) is 2. The second kappa shape index (κ2) is 12.5. The maximum Gasteiger partial charge on any atom is 0.267 e. The fourth-order valence-corrected chi connectivity index (χ4v) is 5.82. The van der Waals surface area contributed by atoms with E-state index in [2.05, 4.69) is 4.99 Å². The van der Waals surface area contributed by atoms with Crippen LogP contribution in [-0.2, 0) is 11.4 Å². The van der Waals surface area contributed by atoms with Gasteiger partial charge in [0.05, 0.1) is 11.5 Å². The number of carbonyl (C=O) groups excluding carboxylic acids is 1. The summed E-state index contributed by atoms with van der Waals surface area (Å²) >= 11 is 1.27. The van der Waals surface area contributed by atoms with E-state index in [4.69, 9.17) is 9.47 Å². The Morgan fingerprint density at radius 2 is 1.74 bits per heavy atom. The van der Waals surface area contributed by atoms with Gasteiger partial charge in [-0.05, 0) is 85.1 Å². The molecule has 8 heteroatoms. The predicted octanol–water partition coefficient (Wildman–Crippen LogP) is 7.88. The lowest BCUT2D eigenvalue weighted by molar-refractivity contribution is -0.124. The van der Waals surface area contributed by atoms with E-state index in [1.165, 1.54) is 30.0 Å². The molecule has 1 aliphatic heterocycles. The van der Waals surface area contributed by atoms with Gasteiger partial charge in [-0.1, -0.05) is 49.6 Å². The second-order valence-electron chi connectivity index (χ2n) is 9.48. The maximum absolute atomic E-state index is 14.4. The van der Waals surface area contributed by atoms with Crippen LogP contribution in [0.15, 0.2) is 76.6 Å². The number of halogens is 2. The molecule has 1 heterocycles. The standard InChI is InChI=1S/C31H30F2N2O3S/c1-2-37-28-18-22(14-17-27(28)38-20-21-12-15-23(32)16-13-21)19-29-30(36)35(24-8-4-3-5-9-24)31(39-29)34-26-11-7-6-10-25(26)33/h6-7,10-19,24H,2-5,8-9,20H2,1H3/b29-19-,34-31?. The number of para-hydroxylation sites is 1. The Balaban J connectivity index is 1.42. The quantitative estimate of drug-likeness (QED) is 0.269. The number of amidine groups is 1. The molecule has 0 N–H and O–H groups in total. The Morgan fingerprint density at radius 3 is 2.49 bits per heavy atom. The monoisotopic (exact) mass is 548 g/mol. The summed E-state index contributed by atoms with van der Waals surface area (Å²) in [5.74, 6) is 0.274. The first-order valence-electron chi connectivity index (χ1n) is 13.2. The van der Waals surface area contributed by atoms with E-state index in [1.54, 1.807) is 41.3 Å². The molecule has 2 fully saturated rings. The fourth-order valence-electron chi connectivity index (χ4n) is 4.77. The summed E-state index contributed by atoms with van der Waals surface area (Å²) in [6.07, 6.45) is 6.91. The molecule has 39 heavy (non-hydrogen) atoms. The lowest BCUT2D eigenvalue weighted by Crippen LogP contribution is -2.40. The van der Waals surface area contributed by atoms with Gasteiger partial charge in [0.2, 0.25) is 0 Å². The molecule has 0 radical (unpaired) electrons. The molecular formula is C31H30F2N2O3S. The van der Waals surface area contributed by atoms with Crippen LogP contribution in [0.1, 0.15) is 50.2 Å². The van der Waals surface area contributed by atoms with Crippen LogP contribution in [0.2, 0.25) is 0 Å². The molecule has 1 saturated carbocycles. The van der Waals surface area contributed by atoms with Crippen molar-refractivity contribution in [1.82, 2.24) is 4.90 Å². The molecule has 3 aromatic carbocycles. The molecule has 5 nitrogen and oxygen atoms in total. The number of hydrogen-bond donors (Lipinski definition) is 0. The summed E-state index contributed by atoms with van der Waals surface area (Å²) in [4.78, 5) is 20.5. The van der Waals surface area contributed by atoms with E-state index in [9.17, 15) is 13.6 Å². The first-order valence-corrected chi connectivity index (χ1v) is 14.0. The van der Waals surface area contributed by atoms with Crippen LogP contribution < -0.4 is 9.47 Å². The van der Waals surface area contributed by atoms with E-state index in [1.807, 2.05) is 25.1 Å². The van der Waals surface area contributed by atoms with Crippen LogP contribution in [0.5, 0.6) is 11.5 Å². The number of hydrogen-bond acceptors (Lipinski definition) is 5. The van der Waals surface area contributed by atoms with Crippen LogP contribution in [0.4, 0.5) is 14.5 Å². The molecule has 0 unspecified atom stereocenters. The normalized spacial score (nSPS) is 18.2. The highest BCUT2D eigenvalue weighted by Gasteiger charge is 2.38. The van der Waals surface area contributed by atoms with Crippen LogP contribution in [-0.4, -0.2) is 28.6 Å². The van der Waals surface area contributed by atoms with Gasteiger partial charge in [0, 0.05) is 6.04 Å². The lowest BCUT2D eigenvalue weighted by Gasteiger charge is -2.30. The van der Waals surface area contributed by atoms with Crippen molar-refractivity contribution in [3.8, 4) is 11.5 Å². The van der Waals surface area contributed by atoms with Gasteiger partial charge >= 0.3 is 0 Å². The van der Waals surface area contributed by atoms with E-state index in [0.29, 0.717) is 28.2 Å². The fraction of sp³-hybridized carbons (Fsp3) is 0.290. The zero-order chi connectivity index (χ0) is 27.2. The Hall–Kier alpha value is -3.65. The number of amides is 1. The highest BCUT2D eigenvalue weighted by Crippen LogP contribution is 2.39. The molecular weight excluding hydrogens is 518 g/mol. The van der Waals surface area contributed by atoms with Crippen molar-refractivity contribution in [1.29, 1.82) is 0 Å². The minimum Gasteiger partial charge on any atom is -0.490 e. The number of aliphatic imine (C=N–C) groups is 1. The summed E-state index contributed by atoms with van der Waals surface area (Å²) in [6.45, 7) is 2.59. The summed E-state index contributed by atoms with van der Waals surface area (Å²) in [7, 11) is 0. The molecule has 1 saturated heterocycles. The van der Waals surface area contributed by atoms with Crippen molar-refractivity contribution < 1.29 is 23.0 Å². The van der Waals surface area contributed by atoms with Crippen LogP contribution in [0.3, 0.4) is 0 Å². The summed E-state index contributed by atoms with van der Waals surface area (Å²) < 4.78 is 39.4. The Bertz CT molecular complexity index is 1380. The minimum absolute atomic E-state index is 0.0522. The first kappa shape index (κ1) is 26.9. The SMILES string of the molecule is CCOc1cc(/C=C2\SC(=Nc3ccccc3F)N(C3CCCCC3)C2=O)ccc1OCc1ccc(F)cc1. The third kappa shape index (κ3) is 6.50. The topological polar surface area (TPSA) is 51.1 Å². The van der Waals surface area contributed by atoms with Gasteiger partial charge in [0.15, 0.2) is 16.7 Å². The summed E-state index contributed by atoms with van der Waals surface area (Å²) in [5.41, 5.74) is 1.83. The molecule has 202 valence electrons. The number of rotatable bonds is 8. The average Bonchev–Trinajstić information content (AvgIpc) is 3.25. The molecule has 1 amide bonds. The summed E-state index contributed by atoms with van der Waals surface area (Å²) in [6, 6.07) is 18.1. The van der Waals surface area contributed by atoms with Gasteiger partial charge in [-0.3, -0.25) is 9.69 Å². The molecule has 5 rings (SSSR count). The van der Waals surface area contributed by atoms with Crippen LogP contribution in [0, 0.1) is 11.6 Å². The van der Waals surface area contributed by atoms with Gasteiger partial charge in [-0.2, -0.15) is 0 Å². The van der Waals surface area contributed by atoms with E-state index < -0.39 is 5.82 Å². The van der Waals surface area contributed by atoms with Gasteiger partial charge in [0.25, 0.3) is 5.91 Å². The Kier molecular flexibility index (Phi) is 8.61. The number of thioether (sulfide) groups is 1. The molecule has 0 spiro atoms. The number of carbonyl (C=O) groups is 1. The molecule has 0 bridgehead atoms. The Labute approximate surface area is 231 Å². The van der Waals surface area contributed by atoms with Gasteiger partial charge in [0.1, 0.15) is 23.9 Å². The molecule has 0 atom stereocenters. The maximum atomic E-state index is 14.4.